The van der Waals surface area contributed by atoms with Crippen LogP contribution in [0.3, 0.4) is 0 Å². The number of hydrogen-bond donors (Lipinski definition) is 2. The van der Waals surface area contributed by atoms with Gasteiger partial charge in [-0.1, -0.05) is 23.7 Å². The summed E-state index contributed by atoms with van der Waals surface area (Å²) in [6.45, 7) is 2.70. The number of aryl methyl sites for hydroxylation is 1. The zero-order valence-electron chi connectivity index (χ0n) is 16.7. The predicted octanol–water partition coefficient (Wildman–Crippen LogP) is 3.91. The van der Waals surface area contributed by atoms with Crippen molar-refractivity contribution in [2.45, 2.75) is 38.6 Å². The first kappa shape index (κ1) is 20.4. The van der Waals surface area contributed by atoms with Crippen LogP contribution in [-0.4, -0.2) is 42.6 Å². The Morgan fingerprint density at radius 3 is 2.61 bits per heavy atom. The zero-order chi connectivity index (χ0) is 20.1. The van der Waals surface area contributed by atoms with E-state index in [1.54, 1.807) is 12.1 Å². The van der Waals surface area contributed by atoms with Crippen LogP contribution in [0.4, 0.5) is 11.8 Å². The van der Waals surface area contributed by atoms with E-state index >= 15 is 0 Å². The van der Waals surface area contributed by atoms with Crippen LogP contribution in [0.15, 0.2) is 30.5 Å². The lowest BCUT2D eigenvalue weighted by Crippen LogP contribution is -2.34. The van der Waals surface area contributed by atoms with Crippen LogP contribution in [0.25, 0.3) is 0 Å². The standard InChI is InChI=1S/C21H28ClN5O/c1-14-12-24-21(26-19(14)27(2)3)25-16-10-8-15(9-11-16)13-23-20(28)17-6-4-5-7-18(17)22/h4-7,12,15-16H,8-11,13H2,1-3H3,(H,23,28)(H,24,25,26). The van der Waals surface area contributed by atoms with Gasteiger partial charge in [0.2, 0.25) is 5.95 Å². The lowest BCUT2D eigenvalue weighted by Gasteiger charge is -2.29. The zero-order valence-corrected chi connectivity index (χ0v) is 17.5. The molecule has 0 unspecified atom stereocenters. The van der Waals surface area contributed by atoms with Crippen LogP contribution in [0, 0.1) is 12.8 Å². The van der Waals surface area contributed by atoms with Crippen LogP contribution >= 0.6 is 11.6 Å². The topological polar surface area (TPSA) is 70.1 Å². The second kappa shape index (κ2) is 9.24. The van der Waals surface area contributed by atoms with Crippen molar-refractivity contribution in [3.63, 3.8) is 0 Å². The Bertz CT molecular complexity index is 818. The van der Waals surface area contributed by atoms with Crippen molar-refractivity contribution in [2.75, 3.05) is 30.9 Å². The molecule has 0 saturated heterocycles. The molecule has 0 aliphatic heterocycles. The monoisotopic (exact) mass is 401 g/mol. The van der Waals surface area contributed by atoms with Crippen molar-refractivity contribution in [1.29, 1.82) is 0 Å². The highest BCUT2D eigenvalue weighted by molar-refractivity contribution is 6.33. The minimum absolute atomic E-state index is 0.102. The fourth-order valence-corrected chi connectivity index (χ4v) is 3.85. The van der Waals surface area contributed by atoms with Gasteiger partial charge in [0.05, 0.1) is 10.6 Å². The molecule has 1 aromatic heterocycles. The van der Waals surface area contributed by atoms with E-state index in [1.165, 1.54) is 0 Å². The number of anilines is 2. The van der Waals surface area contributed by atoms with Crippen molar-refractivity contribution in [3.05, 3.63) is 46.6 Å². The van der Waals surface area contributed by atoms with Gasteiger partial charge in [0.1, 0.15) is 5.82 Å². The highest BCUT2D eigenvalue weighted by Gasteiger charge is 2.23. The summed E-state index contributed by atoms with van der Waals surface area (Å²) in [5.41, 5.74) is 1.60. The fraction of sp³-hybridized carbons (Fsp3) is 0.476. The molecule has 28 heavy (non-hydrogen) atoms. The van der Waals surface area contributed by atoms with Gasteiger partial charge in [-0.2, -0.15) is 4.98 Å². The molecule has 1 saturated carbocycles. The molecule has 2 N–H and O–H groups in total. The molecule has 1 fully saturated rings. The third kappa shape index (κ3) is 5.13. The van der Waals surface area contributed by atoms with E-state index in [0.29, 0.717) is 35.0 Å². The van der Waals surface area contributed by atoms with E-state index in [0.717, 1.165) is 37.1 Å². The minimum atomic E-state index is -0.102. The van der Waals surface area contributed by atoms with Gasteiger partial charge in [0, 0.05) is 38.4 Å². The molecule has 3 rings (SSSR count). The second-order valence-electron chi connectivity index (χ2n) is 7.65. The van der Waals surface area contributed by atoms with Gasteiger partial charge in [-0.25, -0.2) is 4.98 Å². The second-order valence-corrected chi connectivity index (χ2v) is 8.05. The van der Waals surface area contributed by atoms with Crippen LogP contribution in [-0.2, 0) is 0 Å². The lowest BCUT2D eigenvalue weighted by atomic mass is 9.86. The Hall–Kier alpha value is -2.34. The van der Waals surface area contributed by atoms with Gasteiger partial charge in [-0.15, -0.1) is 0 Å². The Morgan fingerprint density at radius 1 is 1.21 bits per heavy atom. The Morgan fingerprint density at radius 2 is 1.93 bits per heavy atom. The molecule has 150 valence electrons. The number of halogens is 1. The van der Waals surface area contributed by atoms with Gasteiger partial charge in [0.15, 0.2) is 0 Å². The molecule has 1 amide bonds. The first-order valence-corrected chi connectivity index (χ1v) is 10.1. The van der Waals surface area contributed by atoms with Gasteiger partial charge >= 0.3 is 0 Å². The molecule has 1 aromatic carbocycles. The number of hydrogen-bond acceptors (Lipinski definition) is 5. The molecule has 0 radical (unpaired) electrons. The summed E-state index contributed by atoms with van der Waals surface area (Å²) in [4.78, 5) is 23.3. The van der Waals surface area contributed by atoms with Crippen LogP contribution in [0.1, 0.15) is 41.6 Å². The maximum atomic E-state index is 12.3. The van der Waals surface area contributed by atoms with Gasteiger partial charge in [-0.05, 0) is 50.7 Å². The summed E-state index contributed by atoms with van der Waals surface area (Å²) < 4.78 is 0. The first-order chi connectivity index (χ1) is 13.4. The summed E-state index contributed by atoms with van der Waals surface area (Å²) >= 11 is 6.09. The lowest BCUT2D eigenvalue weighted by molar-refractivity contribution is 0.0943. The number of amides is 1. The average molecular weight is 402 g/mol. The molecule has 1 heterocycles. The third-order valence-corrected chi connectivity index (χ3v) is 5.55. The summed E-state index contributed by atoms with van der Waals surface area (Å²) in [7, 11) is 3.97. The average Bonchev–Trinajstić information content (AvgIpc) is 2.69. The van der Waals surface area contributed by atoms with E-state index in [2.05, 4.69) is 20.6 Å². The summed E-state index contributed by atoms with van der Waals surface area (Å²) in [6, 6.07) is 7.51. The molecule has 0 bridgehead atoms. The molecule has 6 nitrogen and oxygen atoms in total. The molecule has 0 atom stereocenters. The quantitative estimate of drug-likeness (QED) is 0.768. The van der Waals surface area contributed by atoms with Gasteiger partial charge in [0.25, 0.3) is 5.91 Å². The van der Waals surface area contributed by atoms with E-state index in [-0.39, 0.29) is 5.91 Å². The van der Waals surface area contributed by atoms with E-state index in [1.807, 2.05) is 44.2 Å². The maximum absolute atomic E-state index is 12.3. The molecular formula is C21H28ClN5O. The Labute approximate surface area is 171 Å². The molecule has 0 spiro atoms. The summed E-state index contributed by atoms with van der Waals surface area (Å²) in [5.74, 6) is 2.01. The largest absolute Gasteiger partial charge is 0.362 e. The first-order valence-electron chi connectivity index (χ1n) is 9.74. The highest BCUT2D eigenvalue weighted by atomic mass is 35.5. The van der Waals surface area contributed by atoms with E-state index in [4.69, 9.17) is 11.6 Å². The summed E-state index contributed by atoms with van der Waals surface area (Å²) in [5, 5.41) is 6.98. The SMILES string of the molecule is Cc1cnc(NC2CCC(CNC(=O)c3ccccc3Cl)CC2)nc1N(C)C. The fourth-order valence-electron chi connectivity index (χ4n) is 3.63. The number of aromatic nitrogens is 2. The number of rotatable bonds is 6. The van der Waals surface area contributed by atoms with E-state index in [9.17, 15) is 4.79 Å². The van der Waals surface area contributed by atoms with Gasteiger partial charge < -0.3 is 15.5 Å². The highest BCUT2D eigenvalue weighted by Crippen LogP contribution is 2.26. The van der Waals surface area contributed by atoms with Crippen LogP contribution < -0.4 is 15.5 Å². The number of nitrogens with zero attached hydrogens (tertiary/aromatic N) is 3. The van der Waals surface area contributed by atoms with Crippen LogP contribution in [0.5, 0.6) is 0 Å². The number of carbonyl (C=O) groups is 1. The van der Waals surface area contributed by atoms with Crippen molar-refractivity contribution >= 4 is 29.3 Å². The molecule has 7 heteroatoms. The van der Waals surface area contributed by atoms with Crippen molar-refractivity contribution in [3.8, 4) is 0 Å². The third-order valence-electron chi connectivity index (χ3n) is 5.22. The van der Waals surface area contributed by atoms with Crippen molar-refractivity contribution in [1.82, 2.24) is 15.3 Å². The predicted molar refractivity (Wildman–Crippen MR) is 114 cm³/mol. The van der Waals surface area contributed by atoms with Crippen molar-refractivity contribution < 1.29 is 4.79 Å². The van der Waals surface area contributed by atoms with Crippen molar-refractivity contribution in [2.24, 2.45) is 5.92 Å². The summed E-state index contributed by atoms with van der Waals surface area (Å²) in [6.07, 6.45) is 6.07. The van der Waals surface area contributed by atoms with E-state index < -0.39 is 0 Å². The minimum Gasteiger partial charge on any atom is -0.362 e. The Kier molecular flexibility index (Phi) is 6.73. The smallest absolute Gasteiger partial charge is 0.252 e. The number of nitrogens with one attached hydrogen (secondary N) is 2. The number of carbonyl (C=O) groups excluding carboxylic acids is 1. The van der Waals surface area contributed by atoms with Crippen LogP contribution in [0.2, 0.25) is 5.02 Å². The number of benzene rings is 1. The molecular weight excluding hydrogens is 374 g/mol. The molecule has 1 aliphatic carbocycles. The van der Waals surface area contributed by atoms with Gasteiger partial charge in [-0.3, -0.25) is 4.79 Å². The molecule has 1 aliphatic rings. The Balaban J connectivity index is 1.47. The molecule has 2 aromatic rings. The maximum Gasteiger partial charge on any atom is 0.252 e. The normalized spacial score (nSPS) is 19.1.